The fourth-order valence-electron chi connectivity index (χ4n) is 2.45. The Morgan fingerprint density at radius 2 is 2.00 bits per heavy atom. The van der Waals surface area contributed by atoms with Gasteiger partial charge < -0.3 is 4.74 Å². The standard InChI is InChI=1S/C14H18ClFOS/c15-12-5-4-11(8-13(12)16)17-9-14(10-18)6-2-1-3-7-14/h4-5,8,18H,1-3,6-7,9-10H2. The summed E-state index contributed by atoms with van der Waals surface area (Å²) in [5, 5.41) is 0.129. The van der Waals surface area contributed by atoms with Crippen LogP contribution in [0.3, 0.4) is 0 Å². The molecule has 0 radical (unpaired) electrons. The first kappa shape index (κ1) is 14.0. The maximum absolute atomic E-state index is 13.3. The van der Waals surface area contributed by atoms with Crippen LogP contribution in [0.5, 0.6) is 5.75 Å². The predicted octanol–water partition coefficient (Wildman–Crippen LogP) is 4.74. The van der Waals surface area contributed by atoms with Crippen molar-refractivity contribution in [2.45, 2.75) is 32.1 Å². The first-order chi connectivity index (χ1) is 8.65. The number of thiol groups is 1. The van der Waals surface area contributed by atoms with E-state index in [9.17, 15) is 4.39 Å². The minimum atomic E-state index is -0.433. The van der Waals surface area contributed by atoms with Gasteiger partial charge in [-0.05, 0) is 30.7 Å². The second-order valence-electron chi connectivity index (χ2n) is 5.08. The Morgan fingerprint density at radius 1 is 1.28 bits per heavy atom. The monoisotopic (exact) mass is 288 g/mol. The van der Waals surface area contributed by atoms with Gasteiger partial charge in [-0.15, -0.1) is 0 Å². The summed E-state index contributed by atoms with van der Waals surface area (Å²) in [4.78, 5) is 0. The van der Waals surface area contributed by atoms with Crippen LogP contribution in [0.1, 0.15) is 32.1 Å². The molecule has 0 amide bonds. The molecule has 0 aliphatic heterocycles. The average molecular weight is 289 g/mol. The molecule has 1 fully saturated rings. The minimum Gasteiger partial charge on any atom is -0.493 e. The van der Waals surface area contributed by atoms with E-state index in [0.29, 0.717) is 12.4 Å². The summed E-state index contributed by atoms with van der Waals surface area (Å²) in [6.07, 6.45) is 6.06. The van der Waals surface area contributed by atoms with Gasteiger partial charge in [-0.1, -0.05) is 30.9 Å². The van der Waals surface area contributed by atoms with Crippen LogP contribution < -0.4 is 4.74 Å². The smallest absolute Gasteiger partial charge is 0.145 e. The molecule has 0 unspecified atom stereocenters. The minimum absolute atomic E-state index is 0.129. The highest BCUT2D eigenvalue weighted by Gasteiger charge is 2.31. The van der Waals surface area contributed by atoms with Gasteiger partial charge in [-0.25, -0.2) is 4.39 Å². The molecule has 1 aliphatic rings. The normalized spacial score (nSPS) is 18.6. The van der Waals surface area contributed by atoms with Gasteiger partial charge in [0.1, 0.15) is 11.6 Å². The van der Waals surface area contributed by atoms with Gasteiger partial charge in [-0.2, -0.15) is 12.6 Å². The summed E-state index contributed by atoms with van der Waals surface area (Å²) in [5.74, 6) is 0.935. The Morgan fingerprint density at radius 3 is 2.61 bits per heavy atom. The van der Waals surface area contributed by atoms with E-state index in [1.165, 1.54) is 31.4 Å². The van der Waals surface area contributed by atoms with Gasteiger partial charge in [0.05, 0.1) is 11.6 Å². The Hall–Kier alpha value is -0.410. The van der Waals surface area contributed by atoms with E-state index in [1.807, 2.05) is 0 Å². The van der Waals surface area contributed by atoms with Crippen molar-refractivity contribution >= 4 is 24.2 Å². The Labute approximate surface area is 118 Å². The van der Waals surface area contributed by atoms with Gasteiger partial charge in [-0.3, -0.25) is 0 Å². The molecule has 1 aromatic carbocycles. The molecule has 0 heterocycles. The van der Waals surface area contributed by atoms with Crippen LogP contribution in [-0.2, 0) is 0 Å². The zero-order valence-electron chi connectivity index (χ0n) is 10.3. The molecule has 18 heavy (non-hydrogen) atoms. The largest absolute Gasteiger partial charge is 0.493 e. The fourth-order valence-corrected chi connectivity index (χ4v) is 2.98. The van der Waals surface area contributed by atoms with Gasteiger partial charge in [0.25, 0.3) is 0 Å². The molecule has 0 bridgehead atoms. The van der Waals surface area contributed by atoms with Crippen LogP contribution in [0.2, 0.25) is 5.02 Å². The third kappa shape index (κ3) is 3.33. The summed E-state index contributed by atoms with van der Waals surface area (Å²) in [6.45, 7) is 0.609. The number of halogens is 2. The molecule has 0 saturated heterocycles. The van der Waals surface area contributed by atoms with Gasteiger partial charge in [0.2, 0.25) is 0 Å². The Balaban J connectivity index is 1.98. The van der Waals surface area contributed by atoms with Gasteiger partial charge in [0.15, 0.2) is 0 Å². The first-order valence-corrected chi connectivity index (χ1v) is 7.35. The molecule has 1 saturated carbocycles. The lowest BCUT2D eigenvalue weighted by molar-refractivity contribution is 0.121. The lowest BCUT2D eigenvalue weighted by Gasteiger charge is -2.35. The summed E-state index contributed by atoms with van der Waals surface area (Å²) in [6, 6.07) is 4.58. The Kier molecular flexibility index (Phi) is 4.79. The van der Waals surface area contributed by atoms with E-state index in [0.717, 1.165) is 18.6 Å². The molecular formula is C14H18ClFOS. The lowest BCUT2D eigenvalue weighted by atomic mass is 9.76. The molecular weight excluding hydrogens is 271 g/mol. The van der Waals surface area contributed by atoms with Crippen molar-refractivity contribution < 1.29 is 9.13 Å². The van der Waals surface area contributed by atoms with E-state index in [-0.39, 0.29) is 10.4 Å². The lowest BCUT2D eigenvalue weighted by Crippen LogP contribution is -2.32. The zero-order valence-corrected chi connectivity index (χ0v) is 11.9. The quantitative estimate of drug-likeness (QED) is 0.788. The average Bonchev–Trinajstić information content (AvgIpc) is 2.41. The number of ether oxygens (including phenoxy) is 1. The maximum atomic E-state index is 13.3. The Bertz CT molecular complexity index is 405. The van der Waals surface area contributed by atoms with Gasteiger partial charge in [0, 0.05) is 11.5 Å². The highest BCUT2D eigenvalue weighted by Crippen LogP contribution is 2.37. The second-order valence-corrected chi connectivity index (χ2v) is 5.81. The second kappa shape index (κ2) is 6.16. The number of benzene rings is 1. The highest BCUT2D eigenvalue weighted by atomic mass is 35.5. The number of hydrogen-bond donors (Lipinski definition) is 1. The van der Waals surface area contributed by atoms with Crippen LogP contribution in [0.25, 0.3) is 0 Å². The third-order valence-electron chi connectivity index (χ3n) is 3.69. The van der Waals surface area contributed by atoms with Crippen molar-refractivity contribution in [1.82, 2.24) is 0 Å². The van der Waals surface area contributed by atoms with Crippen LogP contribution in [-0.4, -0.2) is 12.4 Å². The van der Waals surface area contributed by atoms with E-state index in [1.54, 1.807) is 6.07 Å². The zero-order chi connectivity index (χ0) is 13.0. The van der Waals surface area contributed by atoms with E-state index >= 15 is 0 Å². The van der Waals surface area contributed by atoms with E-state index in [4.69, 9.17) is 16.3 Å². The maximum Gasteiger partial charge on any atom is 0.145 e. The number of rotatable bonds is 4. The molecule has 1 nitrogen and oxygen atoms in total. The van der Waals surface area contributed by atoms with Crippen molar-refractivity contribution in [2.24, 2.45) is 5.41 Å². The summed E-state index contributed by atoms with van der Waals surface area (Å²) in [5.41, 5.74) is 0.150. The summed E-state index contributed by atoms with van der Waals surface area (Å²) < 4.78 is 19.0. The molecule has 0 spiro atoms. The molecule has 2 rings (SSSR count). The van der Waals surface area contributed by atoms with Crippen molar-refractivity contribution in [3.05, 3.63) is 29.0 Å². The molecule has 4 heteroatoms. The van der Waals surface area contributed by atoms with Crippen molar-refractivity contribution in [1.29, 1.82) is 0 Å². The fraction of sp³-hybridized carbons (Fsp3) is 0.571. The molecule has 1 aromatic rings. The number of hydrogen-bond acceptors (Lipinski definition) is 2. The van der Waals surface area contributed by atoms with Gasteiger partial charge >= 0.3 is 0 Å². The first-order valence-electron chi connectivity index (χ1n) is 6.34. The van der Waals surface area contributed by atoms with Crippen LogP contribution in [0, 0.1) is 11.2 Å². The molecule has 0 N–H and O–H groups in total. The summed E-state index contributed by atoms with van der Waals surface area (Å²) in [7, 11) is 0. The predicted molar refractivity (Wildman–Crippen MR) is 76.3 cm³/mol. The van der Waals surface area contributed by atoms with Crippen molar-refractivity contribution in [3.63, 3.8) is 0 Å². The molecule has 0 aromatic heterocycles. The topological polar surface area (TPSA) is 9.23 Å². The van der Waals surface area contributed by atoms with Crippen LogP contribution in [0.4, 0.5) is 4.39 Å². The van der Waals surface area contributed by atoms with Crippen molar-refractivity contribution in [2.75, 3.05) is 12.4 Å². The van der Waals surface area contributed by atoms with Crippen LogP contribution >= 0.6 is 24.2 Å². The third-order valence-corrected chi connectivity index (χ3v) is 4.66. The van der Waals surface area contributed by atoms with Crippen molar-refractivity contribution in [3.8, 4) is 5.75 Å². The molecule has 1 aliphatic carbocycles. The molecule has 100 valence electrons. The van der Waals surface area contributed by atoms with Crippen LogP contribution in [0.15, 0.2) is 18.2 Å². The molecule has 0 atom stereocenters. The highest BCUT2D eigenvalue weighted by molar-refractivity contribution is 7.80. The summed E-state index contributed by atoms with van der Waals surface area (Å²) >= 11 is 10.1. The SMILES string of the molecule is Fc1cc(OCC2(CS)CCCCC2)ccc1Cl. The van der Waals surface area contributed by atoms with E-state index in [2.05, 4.69) is 12.6 Å². The van der Waals surface area contributed by atoms with E-state index < -0.39 is 5.82 Å².